The van der Waals surface area contributed by atoms with E-state index in [0.29, 0.717) is 17.5 Å². The van der Waals surface area contributed by atoms with Gasteiger partial charge in [0.1, 0.15) is 0 Å². The van der Waals surface area contributed by atoms with Crippen molar-refractivity contribution in [1.82, 2.24) is 15.0 Å². The topological polar surface area (TPSA) is 38.7 Å². The molecule has 0 amide bonds. The maximum Gasteiger partial charge on any atom is 0.164 e. The minimum absolute atomic E-state index is 0.468. The molecule has 262 valence electrons. The Labute approximate surface area is 329 Å². The first kappa shape index (κ1) is 32.4. The van der Waals surface area contributed by atoms with Crippen molar-refractivity contribution in [1.29, 1.82) is 0 Å². The molecule has 0 aliphatic heterocycles. The van der Waals surface area contributed by atoms with Crippen LogP contribution in [-0.2, 0) is 5.41 Å². The van der Waals surface area contributed by atoms with Crippen molar-refractivity contribution in [2.75, 3.05) is 0 Å². The Morgan fingerprint density at radius 1 is 0.339 bits per heavy atom. The Bertz CT molecular complexity index is 3040. The summed E-state index contributed by atoms with van der Waals surface area (Å²) in [6.07, 6.45) is 0. The van der Waals surface area contributed by atoms with Crippen molar-refractivity contribution in [3.05, 3.63) is 222 Å². The summed E-state index contributed by atoms with van der Waals surface area (Å²) in [5, 5.41) is 2.57. The van der Waals surface area contributed by atoms with Crippen LogP contribution in [0.2, 0.25) is 0 Å². The summed E-state index contributed by atoms with van der Waals surface area (Å²) < 4.78 is 2.58. The third-order valence-electron chi connectivity index (χ3n) is 11.2. The normalized spacial score (nSPS) is 12.8. The van der Waals surface area contributed by atoms with Crippen LogP contribution < -0.4 is 0 Å². The highest BCUT2D eigenvalue weighted by atomic mass is 32.1. The Hall–Kier alpha value is -7.01. The molecular formula is C52H33N3S. The largest absolute Gasteiger partial charge is 0.208 e. The Kier molecular flexibility index (Phi) is 7.58. The number of hydrogen-bond donors (Lipinski definition) is 0. The fourth-order valence-electron chi connectivity index (χ4n) is 8.74. The number of thiophene rings is 1. The lowest BCUT2D eigenvalue weighted by Crippen LogP contribution is -2.28. The summed E-state index contributed by atoms with van der Waals surface area (Å²) in [5.41, 5.74) is 12.1. The number of fused-ring (bicyclic) bond motifs is 6. The van der Waals surface area contributed by atoms with Crippen LogP contribution >= 0.6 is 11.3 Å². The molecule has 0 spiro atoms. The molecule has 0 N–H and O–H groups in total. The van der Waals surface area contributed by atoms with E-state index in [-0.39, 0.29) is 0 Å². The van der Waals surface area contributed by atoms with E-state index in [4.69, 9.17) is 15.0 Å². The molecule has 1 aliphatic rings. The van der Waals surface area contributed by atoms with Crippen LogP contribution in [0.4, 0.5) is 0 Å². The van der Waals surface area contributed by atoms with Crippen molar-refractivity contribution < 1.29 is 0 Å². The van der Waals surface area contributed by atoms with Crippen LogP contribution in [0.1, 0.15) is 22.3 Å². The summed E-state index contributed by atoms with van der Waals surface area (Å²) >= 11 is 1.84. The average Bonchev–Trinajstić information content (AvgIpc) is 3.81. The second-order valence-corrected chi connectivity index (χ2v) is 15.4. The lowest BCUT2D eigenvalue weighted by Gasteiger charge is -2.33. The number of benzene rings is 8. The second-order valence-electron chi connectivity index (χ2n) is 14.3. The molecular weight excluding hydrogens is 699 g/mol. The molecule has 0 bridgehead atoms. The molecule has 0 saturated heterocycles. The van der Waals surface area contributed by atoms with Crippen LogP contribution in [-0.4, -0.2) is 15.0 Å². The third-order valence-corrected chi connectivity index (χ3v) is 12.4. The molecule has 4 heteroatoms. The molecule has 11 rings (SSSR count). The van der Waals surface area contributed by atoms with Crippen LogP contribution in [0.25, 0.3) is 76.6 Å². The standard InChI is InChI=1S/C52H33N3S/c1-4-16-34(17-5-1)49-53-50(36-19-14-18-35(32-36)40-26-15-27-43-42-25-11-13-29-47(42)56-48(40)43)55-51(54-49)37-30-31-46-44(33-37)41-24-10-12-28-45(41)52(46,38-20-6-2-7-21-38)39-22-8-3-9-23-39/h1-33H. The maximum absolute atomic E-state index is 5.25. The molecule has 2 heterocycles. The zero-order chi connectivity index (χ0) is 37.1. The third kappa shape index (κ3) is 5.07. The van der Waals surface area contributed by atoms with Gasteiger partial charge in [0, 0.05) is 36.9 Å². The van der Waals surface area contributed by atoms with Crippen LogP contribution in [0, 0.1) is 0 Å². The molecule has 0 atom stereocenters. The van der Waals surface area contributed by atoms with E-state index in [9.17, 15) is 0 Å². The number of hydrogen-bond acceptors (Lipinski definition) is 4. The van der Waals surface area contributed by atoms with E-state index >= 15 is 0 Å². The Morgan fingerprint density at radius 3 is 1.61 bits per heavy atom. The molecule has 3 nitrogen and oxygen atoms in total. The fourth-order valence-corrected chi connectivity index (χ4v) is 9.98. The lowest BCUT2D eigenvalue weighted by atomic mass is 9.67. The Balaban J connectivity index is 1.09. The van der Waals surface area contributed by atoms with Gasteiger partial charge in [0.2, 0.25) is 0 Å². The first-order valence-corrected chi connectivity index (χ1v) is 19.8. The van der Waals surface area contributed by atoms with Gasteiger partial charge < -0.3 is 0 Å². The molecule has 10 aromatic rings. The number of aromatic nitrogens is 3. The quantitative estimate of drug-likeness (QED) is 0.171. The smallest absolute Gasteiger partial charge is 0.164 e. The van der Waals surface area contributed by atoms with E-state index in [1.807, 2.05) is 29.5 Å². The first-order valence-electron chi connectivity index (χ1n) is 18.9. The number of rotatable bonds is 6. The van der Waals surface area contributed by atoms with Gasteiger partial charge in [0.05, 0.1) is 5.41 Å². The van der Waals surface area contributed by atoms with E-state index in [1.165, 1.54) is 59.1 Å². The molecule has 2 aromatic heterocycles. The van der Waals surface area contributed by atoms with Crippen molar-refractivity contribution in [2.45, 2.75) is 5.41 Å². The van der Waals surface area contributed by atoms with Gasteiger partial charge in [-0.05, 0) is 62.7 Å². The summed E-state index contributed by atoms with van der Waals surface area (Å²) in [4.78, 5) is 15.5. The lowest BCUT2D eigenvalue weighted by molar-refractivity contribution is 0.768. The highest BCUT2D eigenvalue weighted by molar-refractivity contribution is 7.26. The van der Waals surface area contributed by atoms with Crippen molar-refractivity contribution in [2.24, 2.45) is 0 Å². The SMILES string of the molecule is c1ccc(-c2nc(-c3cccc(-c4cccc5c4sc4ccccc45)c3)nc(-c3ccc4c(c3)-c3ccccc3C4(c3ccccc3)c3ccccc3)n2)cc1. The Morgan fingerprint density at radius 2 is 0.857 bits per heavy atom. The van der Waals surface area contributed by atoms with Crippen molar-refractivity contribution in [3.63, 3.8) is 0 Å². The summed E-state index contributed by atoms with van der Waals surface area (Å²) in [6.45, 7) is 0. The van der Waals surface area contributed by atoms with Gasteiger partial charge >= 0.3 is 0 Å². The molecule has 8 aromatic carbocycles. The maximum atomic E-state index is 5.25. The molecule has 0 unspecified atom stereocenters. The molecule has 1 aliphatic carbocycles. The molecule has 0 saturated carbocycles. The van der Waals surface area contributed by atoms with E-state index < -0.39 is 5.41 Å². The summed E-state index contributed by atoms with van der Waals surface area (Å²) in [7, 11) is 0. The van der Waals surface area contributed by atoms with Crippen LogP contribution in [0.5, 0.6) is 0 Å². The zero-order valence-corrected chi connectivity index (χ0v) is 31.1. The summed E-state index contributed by atoms with van der Waals surface area (Å²) in [5.74, 6) is 1.93. The van der Waals surface area contributed by atoms with Gasteiger partial charge in [-0.15, -0.1) is 11.3 Å². The van der Waals surface area contributed by atoms with Gasteiger partial charge in [0.25, 0.3) is 0 Å². The van der Waals surface area contributed by atoms with Crippen molar-refractivity contribution in [3.8, 4) is 56.4 Å². The average molecular weight is 732 g/mol. The predicted molar refractivity (Wildman–Crippen MR) is 232 cm³/mol. The zero-order valence-electron chi connectivity index (χ0n) is 30.3. The molecule has 56 heavy (non-hydrogen) atoms. The highest BCUT2D eigenvalue weighted by Crippen LogP contribution is 2.56. The molecule has 0 radical (unpaired) electrons. The van der Waals surface area contributed by atoms with E-state index in [2.05, 4.69) is 182 Å². The minimum atomic E-state index is -0.468. The number of nitrogens with zero attached hydrogens (tertiary/aromatic N) is 3. The van der Waals surface area contributed by atoms with Gasteiger partial charge in [-0.25, -0.2) is 15.0 Å². The van der Waals surface area contributed by atoms with Gasteiger partial charge in [-0.2, -0.15) is 0 Å². The van der Waals surface area contributed by atoms with Gasteiger partial charge in [0.15, 0.2) is 17.5 Å². The van der Waals surface area contributed by atoms with Crippen LogP contribution in [0.15, 0.2) is 200 Å². The van der Waals surface area contributed by atoms with E-state index in [0.717, 1.165) is 22.3 Å². The summed E-state index contributed by atoms with van der Waals surface area (Å²) in [6, 6.07) is 71.5. The minimum Gasteiger partial charge on any atom is -0.208 e. The second kappa shape index (κ2) is 13.1. The molecule has 0 fully saturated rings. The predicted octanol–water partition coefficient (Wildman–Crippen LogP) is 13.3. The monoisotopic (exact) mass is 731 g/mol. The van der Waals surface area contributed by atoms with Gasteiger partial charge in [-0.1, -0.05) is 182 Å². The van der Waals surface area contributed by atoms with Crippen molar-refractivity contribution >= 4 is 31.5 Å². The highest BCUT2D eigenvalue weighted by Gasteiger charge is 2.46. The first-order chi connectivity index (χ1) is 27.8. The van der Waals surface area contributed by atoms with Gasteiger partial charge in [-0.3, -0.25) is 0 Å². The van der Waals surface area contributed by atoms with Crippen LogP contribution in [0.3, 0.4) is 0 Å². The fraction of sp³-hybridized carbons (Fsp3) is 0.0192. The van der Waals surface area contributed by atoms with E-state index in [1.54, 1.807) is 0 Å².